The van der Waals surface area contributed by atoms with Crippen LogP contribution in [0.2, 0.25) is 0 Å². The van der Waals surface area contributed by atoms with E-state index in [0.29, 0.717) is 0 Å². The van der Waals surface area contributed by atoms with E-state index in [2.05, 4.69) is 27.2 Å². The van der Waals surface area contributed by atoms with E-state index in [1.165, 1.54) is 43.4 Å². The maximum Gasteiger partial charge on any atom is 0.136 e. The van der Waals surface area contributed by atoms with Gasteiger partial charge >= 0.3 is 0 Å². The number of anilines is 1. The zero-order valence-corrected chi connectivity index (χ0v) is 11.9. The summed E-state index contributed by atoms with van der Waals surface area (Å²) in [5, 5.41) is 3.43. The van der Waals surface area contributed by atoms with Crippen molar-refractivity contribution < 1.29 is 0 Å². The summed E-state index contributed by atoms with van der Waals surface area (Å²) < 4.78 is 0. The van der Waals surface area contributed by atoms with Crippen LogP contribution >= 0.6 is 0 Å². The molecule has 1 N–H and O–H groups in total. The molecule has 1 saturated carbocycles. The molecule has 4 nitrogen and oxygen atoms in total. The summed E-state index contributed by atoms with van der Waals surface area (Å²) in [7, 11) is 2.17. The fourth-order valence-electron chi connectivity index (χ4n) is 3.36. The summed E-state index contributed by atoms with van der Waals surface area (Å²) in [6.45, 7) is 3.07. The lowest BCUT2D eigenvalue weighted by molar-refractivity contribution is 0.503. The standard InChI is InChI=1S/C15H24N4/c1-19(9-7-12-4-2-3-5-12)15-13-10-16-8-6-14(13)17-11-18-15/h11-12,16H,2-10H2,1H3. The highest BCUT2D eigenvalue weighted by atomic mass is 15.2. The van der Waals surface area contributed by atoms with Gasteiger partial charge in [-0.1, -0.05) is 25.7 Å². The number of nitrogens with one attached hydrogen (secondary N) is 1. The number of fused-ring (bicyclic) bond motifs is 1. The Morgan fingerprint density at radius 2 is 2.16 bits per heavy atom. The fraction of sp³-hybridized carbons (Fsp3) is 0.733. The lowest BCUT2D eigenvalue weighted by atomic mass is 10.0. The van der Waals surface area contributed by atoms with E-state index >= 15 is 0 Å². The van der Waals surface area contributed by atoms with Gasteiger partial charge in [0.05, 0.1) is 5.69 Å². The summed E-state index contributed by atoms with van der Waals surface area (Å²) in [4.78, 5) is 11.3. The molecule has 0 amide bonds. The molecule has 1 aliphatic carbocycles. The molecule has 3 rings (SSSR count). The first-order valence-corrected chi connectivity index (χ1v) is 7.59. The summed E-state index contributed by atoms with van der Waals surface area (Å²) in [5.74, 6) is 2.08. The molecule has 0 radical (unpaired) electrons. The molecule has 0 saturated heterocycles. The van der Waals surface area contributed by atoms with E-state index in [4.69, 9.17) is 0 Å². The van der Waals surface area contributed by atoms with Gasteiger partial charge in [0.2, 0.25) is 0 Å². The molecule has 0 spiro atoms. The summed E-state index contributed by atoms with van der Waals surface area (Å²) >= 11 is 0. The second-order valence-corrected chi connectivity index (χ2v) is 5.91. The Balaban J connectivity index is 1.67. The van der Waals surface area contributed by atoms with Crippen LogP contribution in [0.3, 0.4) is 0 Å². The first-order chi connectivity index (χ1) is 9.34. The van der Waals surface area contributed by atoms with Crippen molar-refractivity contribution in [1.29, 1.82) is 0 Å². The molecule has 1 aliphatic heterocycles. The molecule has 0 atom stereocenters. The number of nitrogens with zero attached hydrogens (tertiary/aromatic N) is 3. The van der Waals surface area contributed by atoms with Gasteiger partial charge in [-0.3, -0.25) is 0 Å². The number of rotatable bonds is 4. The zero-order chi connectivity index (χ0) is 13.1. The van der Waals surface area contributed by atoms with Crippen LogP contribution in [-0.4, -0.2) is 30.1 Å². The van der Waals surface area contributed by atoms with Gasteiger partial charge in [-0.15, -0.1) is 0 Å². The van der Waals surface area contributed by atoms with Crippen molar-refractivity contribution in [2.75, 3.05) is 25.0 Å². The van der Waals surface area contributed by atoms with Gasteiger partial charge < -0.3 is 10.2 Å². The second kappa shape index (κ2) is 5.87. The second-order valence-electron chi connectivity index (χ2n) is 5.91. The van der Waals surface area contributed by atoms with Gasteiger partial charge in [0.15, 0.2) is 0 Å². The zero-order valence-electron chi connectivity index (χ0n) is 11.9. The third-order valence-electron chi connectivity index (χ3n) is 4.56. The quantitative estimate of drug-likeness (QED) is 0.900. The van der Waals surface area contributed by atoms with Crippen LogP contribution in [0.5, 0.6) is 0 Å². The van der Waals surface area contributed by atoms with Gasteiger partial charge in [0.25, 0.3) is 0 Å². The van der Waals surface area contributed by atoms with Crippen molar-refractivity contribution in [2.45, 2.75) is 45.1 Å². The van der Waals surface area contributed by atoms with Gasteiger partial charge in [-0.25, -0.2) is 9.97 Å². The third-order valence-corrected chi connectivity index (χ3v) is 4.56. The Bertz CT molecular complexity index is 426. The van der Waals surface area contributed by atoms with Crippen LogP contribution in [0, 0.1) is 5.92 Å². The fourth-order valence-corrected chi connectivity index (χ4v) is 3.36. The van der Waals surface area contributed by atoms with E-state index in [0.717, 1.165) is 37.8 Å². The molecule has 4 heteroatoms. The Hall–Kier alpha value is -1.16. The molecule has 2 heterocycles. The first-order valence-electron chi connectivity index (χ1n) is 7.59. The van der Waals surface area contributed by atoms with Crippen LogP contribution in [0.15, 0.2) is 6.33 Å². The molecule has 0 unspecified atom stereocenters. The Morgan fingerprint density at radius 3 is 3.00 bits per heavy atom. The lowest BCUT2D eigenvalue weighted by Gasteiger charge is -2.25. The topological polar surface area (TPSA) is 41.1 Å². The highest BCUT2D eigenvalue weighted by Crippen LogP contribution is 2.28. The summed E-state index contributed by atoms with van der Waals surface area (Å²) in [6, 6.07) is 0. The SMILES string of the molecule is CN(CCC1CCCC1)c1ncnc2c1CNCC2. The summed E-state index contributed by atoms with van der Waals surface area (Å²) in [6.07, 6.45) is 9.78. The maximum atomic E-state index is 4.51. The lowest BCUT2D eigenvalue weighted by Crippen LogP contribution is -2.30. The molecule has 19 heavy (non-hydrogen) atoms. The van der Waals surface area contributed by atoms with Crippen LogP contribution in [-0.2, 0) is 13.0 Å². The van der Waals surface area contributed by atoms with Crippen LogP contribution in [0.25, 0.3) is 0 Å². The summed E-state index contributed by atoms with van der Waals surface area (Å²) in [5.41, 5.74) is 2.54. The minimum absolute atomic E-state index is 0.916. The minimum atomic E-state index is 0.916. The first kappa shape index (κ1) is 12.9. The normalized spacial score (nSPS) is 19.4. The van der Waals surface area contributed by atoms with Crippen molar-refractivity contribution in [2.24, 2.45) is 5.92 Å². The molecular weight excluding hydrogens is 236 g/mol. The molecule has 1 aromatic heterocycles. The predicted octanol–water partition coefficient (Wildman–Crippen LogP) is 2.14. The third kappa shape index (κ3) is 2.89. The van der Waals surface area contributed by atoms with E-state index in [1.54, 1.807) is 6.33 Å². The van der Waals surface area contributed by atoms with Crippen molar-refractivity contribution in [3.8, 4) is 0 Å². The largest absolute Gasteiger partial charge is 0.359 e. The molecule has 0 aromatic carbocycles. The van der Waals surface area contributed by atoms with Crippen molar-refractivity contribution in [3.63, 3.8) is 0 Å². The van der Waals surface area contributed by atoms with E-state index < -0.39 is 0 Å². The van der Waals surface area contributed by atoms with Gasteiger partial charge in [0, 0.05) is 38.7 Å². The molecule has 2 aliphatic rings. The van der Waals surface area contributed by atoms with Crippen molar-refractivity contribution >= 4 is 5.82 Å². The maximum absolute atomic E-state index is 4.51. The molecule has 104 valence electrons. The average Bonchev–Trinajstić information content (AvgIpc) is 2.97. The average molecular weight is 260 g/mol. The van der Waals surface area contributed by atoms with E-state index in [-0.39, 0.29) is 0 Å². The monoisotopic (exact) mass is 260 g/mol. The van der Waals surface area contributed by atoms with Gasteiger partial charge in [-0.05, 0) is 12.3 Å². The Labute approximate surface area is 115 Å². The van der Waals surface area contributed by atoms with Gasteiger partial charge in [-0.2, -0.15) is 0 Å². The molecule has 1 fully saturated rings. The van der Waals surface area contributed by atoms with Gasteiger partial charge in [0.1, 0.15) is 12.1 Å². The van der Waals surface area contributed by atoms with E-state index in [1.807, 2.05) is 0 Å². The molecule has 0 bridgehead atoms. The Kier molecular flexibility index (Phi) is 3.97. The smallest absolute Gasteiger partial charge is 0.136 e. The highest BCUT2D eigenvalue weighted by molar-refractivity contribution is 5.48. The number of hydrogen-bond acceptors (Lipinski definition) is 4. The van der Waals surface area contributed by atoms with Crippen LogP contribution in [0.1, 0.15) is 43.4 Å². The molecule has 1 aromatic rings. The van der Waals surface area contributed by atoms with E-state index in [9.17, 15) is 0 Å². The van der Waals surface area contributed by atoms with Crippen LogP contribution in [0.4, 0.5) is 5.82 Å². The van der Waals surface area contributed by atoms with Crippen LogP contribution < -0.4 is 10.2 Å². The number of aromatic nitrogens is 2. The van der Waals surface area contributed by atoms with Crippen molar-refractivity contribution in [1.82, 2.24) is 15.3 Å². The highest BCUT2D eigenvalue weighted by Gasteiger charge is 2.19. The molecular formula is C15H24N4. The minimum Gasteiger partial charge on any atom is -0.359 e. The Morgan fingerprint density at radius 1 is 1.32 bits per heavy atom. The van der Waals surface area contributed by atoms with Crippen molar-refractivity contribution in [3.05, 3.63) is 17.6 Å². The number of hydrogen-bond donors (Lipinski definition) is 1. The predicted molar refractivity (Wildman–Crippen MR) is 77.3 cm³/mol.